The zero-order valence-corrected chi connectivity index (χ0v) is 31.1. The van der Waals surface area contributed by atoms with Crippen molar-refractivity contribution >= 4 is 18.5 Å². The van der Waals surface area contributed by atoms with Crippen LogP contribution in [0.15, 0.2) is 187 Å². The summed E-state index contributed by atoms with van der Waals surface area (Å²) in [4.78, 5) is 11.0. The van der Waals surface area contributed by atoms with E-state index < -0.39 is 12.3 Å². The van der Waals surface area contributed by atoms with Crippen LogP contribution < -0.4 is 5.30 Å². The van der Waals surface area contributed by atoms with Crippen LogP contribution in [-0.2, 0) is 5.41 Å². The number of allylic oxidation sites excluding steroid dienone is 10. The molecule has 0 saturated heterocycles. The zero-order chi connectivity index (χ0) is 36.0. The number of hydrogen-bond acceptors (Lipinski definition) is 2. The summed E-state index contributed by atoms with van der Waals surface area (Å²) in [5, 5.41) is 3.92. The SMILES string of the molecule is C=P(C1=CC=CCC=C1)(/C(=C/C=C\C)CC)c1ccc(-c2nc(-c3ccccc3)nc3c2C2(c4ccccc4-c4ccccc42)c2ccccc2-3)cc1. The first kappa shape index (κ1) is 33.0. The number of hydrogen-bond donors (Lipinski definition) is 0. The average molecular weight is 701 g/mol. The highest BCUT2D eigenvalue weighted by Crippen LogP contribution is 2.64. The number of rotatable bonds is 7. The third-order valence-corrected chi connectivity index (χ3v) is 15.0. The summed E-state index contributed by atoms with van der Waals surface area (Å²) in [7, 11) is 0. The Balaban J connectivity index is 1.33. The Morgan fingerprint density at radius 2 is 1.30 bits per heavy atom. The molecule has 3 aliphatic rings. The van der Waals surface area contributed by atoms with Gasteiger partial charge in [0.1, 0.15) is 0 Å². The van der Waals surface area contributed by atoms with Gasteiger partial charge in [0, 0.05) is 22.3 Å². The molecular formula is C50H41N2P. The second kappa shape index (κ2) is 13.3. The highest BCUT2D eigenvalue weighted by atomic mass is 31.2. The first-order valence-corrected chi connectivity index (χ1v) is 20.6. The Hall–Kier alpha value is -5.82. The van der Waals surface area contributed by atoms with Crippen molar-refractivity contribution in [3.63, 3.8) is 0 Å². The predicted octanol–water partition coefficient (Wildman–Crippen LogP) is 12.5. The van der Waals surface area contributed by atoms with Crippen LogP contribution in [0.25, 0.3) is 45.0 Å². The zero-order valence-electron chi connectivity index (χ0n) is 30.2. The van der Waals surface area contributed by atoms with Crippen LogP contribution in [0.3, 0.4) is 0 Å². The lowest BCUT2D eigenvalue weighted by molar-refractivity contribution is 0.788. The van der Waals surface area contributed by atoms with E-state index >= 15 is 0 Å². The monoisotopic (exact) mass is 700 g/mol. The van der Waals surface area contributed by atoms with Gasteiger partial charge in [-0.1, -0.05) is 189 Å². The summed E-state index contributed by atoms with van der Waals surface area (Å²) in [5.41, 5.74) is 12.2. The second-order valence-corrected chi connectivity index (χ2v) is 17.2. The molecule has 1 unspecified atom stereocenters. The normalized spacial score (nSPS) is 16.1. The molecular weight excluding hydrogens is 660 g/mol. The molecule has 5 aromatic carbocycles. The van der Waals surface area contributed by atoms with Crippen molar-refractivity contribution in [2.45, 2.75) is 32.1 Å². The standard InChI is InChI=1S/C50H41N2P/c1-4-6-22-37(5-2)53(3,38-23-12-7-8-13-24-38)39-33-31-35(32-34-39)47-46-48(52-49(51-47)36-20-10-9-11-21-36)42-27-16-19-30-45(42)50(46)43-28-17-14-25-40(43)41-26-15-18-29-44(41)50/h4,6-7,9-34H,3,5,8H2,1-2H3/b6-4-,37-22+. The quantitative estimate of drug-likeness (QED) is 0.122. The molecule has 0 amide bonds. The second-order valence-electron chi connectivity index (χ2n) is 13.9. The van der Waals surface area contributed by atoms with E-state index in [0.717, 1.165) is 52.3 Å². The molecule has 1 spiro atoms. The predicted molar refractivity (Wildman–Crippen MR) is 227 cm³/mol. The smallest absolute Gasteiger partial charge is 0.160 e. The van der Waals surface area contributed by atoms with Crippen LogP contribution in [0.1, 0.15) is 48.9 Å². The van der Waals surface area contributed by atoms with Crippen LogP contribution >= 0.6 is 6.89 Å². The summed E-state index contributed by atoms with van der Waals surface area (Å²) >= 11 is 0. The van der Waals surface area contributed by atoms with Crippen molar-refractivity contribution in [3.8, 4) is 45.0 Å². The fourth-order valence-corrected chi connectivity index (χ4v) is 12.0. The van der Waals surface area contributed by atoms with E-state index in [4.69, 9.17) is 16.3 Å². The van der Waals surface area contributed by atoms with Gasteiger partial charge in [0.2, 0.25) is 0 Å². The van der Waals surface area contributed by atoms with E-state index in [1.165, 1.54) is 43.8 Å². The molecule has 0 aliphatic heterocycles. The van der Waals surface area contributed by atoms with E-state index in [1.54, 1.807) is 0 Å². The van der Waals surface area contributed by atoms with Crippen molar-refractivity contribution in [3.05, 3.63) is 209 Å². The molecule has 0 bridgehead atoms. The van der Waals surface area contributed by atoms with Crippen molar-refractivity contribution in [2.24, 2.45) is 0 Å². The maximum atomic E-state index is 5.55. The van der Waals surface area contributed by atoms with Gasteiger partial charge in [-0.2, -0.15) is 0 Å². The van der Waals surface area contributed by atoms with E-state index in [9.17, 15) is 0 Å². The number of nitrogens with zero attached hydrogens (tertiary/aromatic N) is 2. The summed E-state index contributed by atoms with van der Waals surface area (Å²) in [6, 6.07) is 46.3. The molecule has 3 aliphatic carbocycles. The summed E-state index contributed by atoms with van der Waals surface area (Å²) in [6.07, 6.45) is 24.8. The van der Waals surface area contributed by atoms with Gasteiger partial charge in [0.05, 0.1) is 16.8 Å². The maximum Gasteiger partial charge on any atom is 0.160 e. The first-order valence-electron chi connectivity index (χ1n) is 18.6. The molecule has 1 heterocycles. The lowest BCUT2D eigenvalue weighted by atomic mass is 9.69. The molecule has 256 valence electrons. The van der Waals surface area contributed by atoms with Gasteiger partial charge in [-0.15, -0.1) is 0 Å². The minimum Gasteiger partial charge on any atom is -0.228 e. The minimum atomic E-state index is -2.16. The highest BCUT2D eigenvalue weighted by Gasteiger charge is 2.54. The largest absolute Gasteiger partial charge is 0.228 e. The molecule has 6 aromatic rings. The lowest BCUT2D eigenvalue weighted by Crippen LogP contribution is -2.27. The van der Waals surface area contributed by atoms with Crippen LogP contribution in [-0.4, -0.2) is 16.3 Å². The maximum absolute atomic E-state index is 5.55. The van der Waals surface area contributed by atoms with Gasteiger partial charge >= 0.3 is 0 Å². The van der Waals surface area contributed by atoms with Crippen LogP contribution in [0, 0.1) is 0 Å². The van der Waals surface area contributed by atoms with Gasteiger partial charge in [-0.3, -0.25) is 0 Å². The van der Waals surface area contributed by atoms with E-state index in [2.05, 4.69) is 184 Å². The van der Waals surface area contributed by atoms with Crippen molar-refractivity contribution < 1.29 is 0 Å². The van der Waals surface area contributed by atoms with Crippen molar-refractivity contribution in [2.75, 3.05) is 0 Å². The van der Waals surface area contributed by atoms with Gasteiger partial charge in [-0.25, -0.2) is 9.97 Å². The summed E-state index contributed by atoms with van der Waals surface area (Å²) < 4.78 is 0. The molecule has 0 fully saturated rings. The molecule has 3 heteroatoms. The van der Waals surface area contributed by atoms with Crippen LogP contribution in [0.2, 0.25) is 0 Å². The van der Waals surface area contributed by atoms with Gasteiger partial charge in [0.15, 0.2) is 5.82 Å². The van der Waals surface area contributed by atoms with Gasteiger partial charge < -0.3 is 0 Å². The molecule has 0 saturated carbocycles. The van der Waals surface area contributed by atoms with Gasteiger partial charge in [0.25, 0.3) is 0 Å². The third kappa shape index (κ3) is 5.01. The third-order valence-electron chi connectivity index (χ3n) is 11.2. The summed E-state index contributed by atoms with van der Waals surface area (Å²) in [6.45, 7) is 2.17. The molecule has 0 N–H and O–H groups in total. The Morgan fingerprint density at radius 3 is 1.96 bits per heavy atom. The molecule has 0 radical (unpaired) electrons. The van der Waals surface area contributed by atoms with E-state index in [0.29, 0.717) is 0 Å². The fourth-order valence-electron chi connectivity index (χ4n) is 8.78. The first-order chi connectivity index (χ1) is 26.1. The minimum absolute atomic E-state index is 0.557. The fraction of sp³-hybridized carbons (Fsp3) is 0.100. The number of fused-ring (bicyclic) bond motifs is 10. The molecule has 9 rings (SSSR count). The number of aromatic nitrogens is 2. The topological polar surface area (TPSA) is 25.8 Å². The average Bonchev–Trinajstić information content (AvgIpc) is 3.50. The molecule has 1 atom stereocenters. The Labute approximate surface area is 313 Å². The molecule has 53 heavy (non-hydrogen) atoms. The Morgan fingerprint density at radius 1 is 0.698 bits per heavy atom. The lowest BCUT2D eigenvalue weighted by Gasteiger charge is -2.32. The molecule has 2 nitrogen and oxygen atoms in total. The Bertz CT molecular complexity index is 2550. The number of benzene rings is 5. The highest BCUT2D eigenvalue weighted by molar-refractivity contribution is 7.88. The Kier molecular flexibility index (Phi) is 8.29. The summed E-state index contributed by atoms with van der Waals surface area (Å²) in [5.74, 6) is 0.733. The van der Waals surface area contributed by atoms with Crippen LogP contribution in [0.5, 0.6) is 0 Å². The molecule has 1 aromatic heterocycles. The van der Waals surface area contributed by atoms with Crippen LogP contribution in [0.4, 0.5) is 0 Å². The van der Waals surface area contributed by atoms with E-state index in [-0.39, 0.29) is 0 Å². The van der Waals surface area contributed by atoms with Crippen molar-refractivity contribution in [1.29, 1.82) is 0 Å². The van der Waals surface area contributed by atoms with Crippen molar-refractivity contribution in [1.82, 2.24) is 9.97 Å². The van der Waals surface area contributed by atoms with E-state index in [1.807, 2.05) is 6.07 Å². The van der Waals surface area contributed by atoms with Gasteiger partial charge in [-0.05, 0) is 70.4 Å².